The Morgan fingerprint density at radius 2 is 1.22 bits per heavy atom. The highest BCUT2D eigenvalue weighted by atomic mass is 16.4. The van der Waals surface area contributed by atoms with E-state index in [0.717, 1.165) is 0 Å². The summed E-state index contributed by atoms with van der Waals surface area (Å²) in [5.74, 6) is -2.20. The second-order valence-electron chi connectivity index (χ2n) is 1.14. The third-order valence-electron chi connectivity index (χ3n) is 0.243. The van der Waals surface area contributed by atoms with E-state index in [-0.39, 0.29) is 0 Å². The molecule has 0 fully saturated rings. The fourth-order valence-corrected chi connectivity index (χ4v) is 0. The van der Waals surface area contributed by atoms with E-state index < -0.39 is 11.8 Å². The fraction of sp³-hybridized carbons (Fsp3) is 0.500. The number of methoxy groups -OCH3 is 1. The van der Waals surface area contributed by atoms with Gasteiger partial charge in [-0.1, -0.05) is 0 Å². The number of rotatable bonds is 0. The predicted molar refractivity (Wildman–Crippen MR) is 31.3 cm³/mol. The topological polar surface area (TPSA) is 95.4 Å². The van der Waals surface area contributed by atoms with E-state index in [1.807, 2.05) is 0 Å². The molecule has 0 atom stereocenters. The van der Waals surface area contributed by atoms with Crippen LogP contribution in [0.5, 0.6) is 0 Å². The molecule has 54 valence electrons. The number of hydrogen-bond acceptors (Lipinski definition) is 3. The molecular formula is C4H10N2O3. The maximum absolute atomic E-state index is 9.45. The van der Waals surface area contributed by atoms with Gasteiger partial charge in [0.1, 0.15) is 0 Å². The van der Waals surface area contributed by atoms with Crippen molar-refractivity contribution in [3.63, 3.8) is 0 Å². The number of carbonyl (C=O) groups excluding carboxylic acids is 2. The zero-order valence-electron chi connectivity index (χ0n) is 5.38. The third kappa shape index (κ3) is 19.7. The second kappa shape index (κ2) is 6.90. The van der Waals surface area contributed by atoms with Crippen molar-refractivity contribution in [3.05, 3.63) is 0 Å². The Labute approximate surface area is 53.0 Å². The van der Waals surface area contributed by atoms with E-state index in [4.69, 9.17) is 0 Å². The predicted octanol–water partition coefficient (Wildman–Crippen LogP) is -1.78. The minimum absolute atomic E-state index is 1.10. The second-order valence-corrected chi connectivity index (χ2v) is 1.14. The molecule has 0 aromatic rings. The SMILES string of the molecule is COC.NC(=O)C(N)=O. The lowest BCUT2D eigenvalue weighted by Gasteiger charge is -1.75. The third-order valence-corrected chi connectivity index (χ3v) is 0.243. The number of primary amides is 2. The average Bonchev–Trinajstić information content (AvgIpc) is 1.68. The maximum Gasteiger partial charge on any atom is 0.306 e. The van der Waals surface area contributed by atoms with Gasteiger partial charge in [0.25, 0.3) is 0 Å². The van der Waals surface area contributed by atoms with E-state index in [1.54, 1.807) is 14.2 Å². The van der Waals surface area contributed by atoms with Gasteiger partial charge in [-0.05, 0) is 0 Å². The molecule has 5 nitrogen and oxygen atoms in total. The molecule has 0 aliphatic heterocycles. The summed E-state index contributed by atoms with van der Waals surface area (Å²) in [4.78, 5) is 18.9. The van der Waals surface area contributed by atoms with Crippen molar-refractivity contribution in [3.8, 4) is 0 Å². The van der Waals surface area contributed by atoms with Gasteiger partial charge in [-0.3, -0.25) is 9.59 Å². The first kappa shape index (κ1) is 10.8. The van der Waals surface area contributed by atoms with Crippen molar-refractivity contribution < 1.29 is 14.3 Å². The van der Waals surface area contributed by atoms with Crippen molar-refractivity contribution >= 4 is 11.8 Å². The lowest BCUT2D eigenvalue weighted by atomic mass is 10.6. The number of ether oxygens (including phenoxy) is 1. The highest BCUT2D eigenvalue weighted by Gasteiger charge is 1.96. The van der Waals surface area contributed by atoms with Crippen molar-refractivity contribution in [2.24, 2.45) is 11.5 Å². The van der Waals surface area contributed by atoms with Crippen LogP contribution in [0, 0.1) is 0 Å². The Balaban J connectivity index is 0. The quantitative estimate of drug-likeness (QED) is 0.383. The Hall–Kier alpha value is -1.10. The summed E-state index contributed by atoms with van der Waals surface area (Å²) in [6.07, 6.45) is 0. The van der Waals surface area contributed by atoms with E-state index in [0.29, 0.717) is 0 Å². The summed E-state index contributed by atoms with van der Waals surface area (Å²) in [7, 11) is 3.25. The molecule has 0 saturated carbocycles. The van der Waals surface area contributed by atoms with Crippen LogP contribution in [0.3, 0.4) is 0 Å². The first-order valence-corrected chi connectivity index (χ1v) is 2.05. The van der Waals surface area contributed by atoms with Gasteiger partial charge in [-0.15, -0.1) is 0 Å². The molecule has 2 amide bonds. The molecule has 0 aliphatic rings. The molecular weight excluding hydrogens is 124 g/mol. The van der Waals surface area contributed by atoms with E-state index in [1.165, 1.54) is 0 Å². The number of nitrogens with two attached hydrogens (primary N) is 2. The molecule has 4 N–H and O–H groups in total. The minimum Gasteiger partial charge on any atom is -0.388 e. The van der Waals surface area contributed by atoms with Crippen LogP contribution >= 0.6 is 0 Å². The number of amides is 2. The van der Waals surface area contributed by atoms with Gasteiger partial charge in [0.2, 0.25) is 0 Å². The van der Waals surface area contributed by atoms with E-state index >= 15 is 0 Å². The average molecular weight is 134 g/mol. The number of hydrogen-bond donors (Lipinski definition) is 2. The lowest BCUT2D eigenvalue weighted by molar-refractivity contribution is -0.135. The highest BCUT2D eigenvalue weighted by molar-refractivity contribution is 6.33. The summed E-state index contributed by atoms with van der Waals surface area (Å²) in [5.41, 5.74) is 8.64. The summed E-state index contributed by atoms with van der Waals surface area (Å²) in [6.45, 7) is 0. The molecule has 0 unspecified atom stereocenters. The molecule has 0 aromatic heterocycles. The van der Waals surface area contributed by atoms with Gasteiger partial charge >= 0.3 is 11.8 Å². The monoisotopic (exact) mass is 134 g/mol. The van der Waals surface area contributed by atoms with E-state index in [9.17, 15) is 9.59 Å². The molecule has 0 heterocycles. The van der Waals surface area contributed by atoms with Crippen LogP contribution in [-0.4, -0.2) is 26.0 Å². The summed E-state index contributed by atoms with van der Waals surface area (Å²) >= 11 is 0. The van der Waals surface area contributed by atoms with Crippen LogP contribution in [0.2, 0.25) is 0 Å². The molecule has 0 spiro atoms. The molecule has 0 radical (unpaired) electrons. The summed E-state index contributed by atoms with van der Waals surface area (Å²) < 4.78 is 4.25. The first-order chi connectivity index (χ1) is 4.06. The Kier molecular flexibility index (Phi) is 8.28. The van der Waals surface area contributed by atoms with Crippen molar-refractivity contribution in [2.75, 3.05) is 14.2 Å². The van der Waals surface area contributed by atoms with Crippen molar-refractivity contribution in [1.82, 2.24) is 0 Å². The van der Waals surface area contributed by atoms with Crippen LogP contribution in [0.1, 0.15) is 0 Å². The molecule has 0 saturated heterocycles. The number of carbonyl (C=O) groups is 2. The lowest BCUT2D eigenvalue weighted by Crippen LogP contribution is -2.29. The van der Waals surface area contributed by atoms with Gasteiger partial charge in [-0.2, -0.15) is 0 Å². The minimum atomic E-state index is -1.10. The molecule has 0 aliphatic carbocycles. The zero-order chi connectivity index (χ0) is 7.86. The molecule has 9 heavy (non-hydrogen) atoms. The van der Waals surface area contributed by atoms with Crippen LogP contribution in [0.4, 0.5) is 0 Å². The van der Waals surface area contributed by atoms with Crippen molar-refractivity contribution in [1.29, 1.82) is 0 Å². The smallest absolute Gasteiger partial charge is 0.306 e. The summed E-state index contributed by atoms with van der Waals surface area (Å²) in [6, 6.07) is 0. The fourth-order valence-electron chi connectivity index (χ4n) is 0. The largest absolute Gasteiger partial charge is 0.388 e. The molecule has 0 aromatic carbocycles. The van der Waals surface area contributed by atoms with Gasteiger partial charge in [0, 0.05) is 14.2 Å². The standard InChI is InChI=1S/C2H4N2O2.C2H6O/c3-1(5)2(4)6;1-3-2/h(H2,3,5)(H2,4,6);1-2H3. The Morgan fingerprint density at radius 3 is 1.22 bits per heavy atom. The van der Waals surface area contributed by atoms with Gasteiger partial charge < -0.3 is 16.2 Å². The normalized spacial score (nSPS) is 6.89. The zero-order valence-corrected chi connectivity index (χ0v) is 5.38. The van der Waals surface area contributed by atoms with Gasteiger partial charge in [-0.25, -0.2) is 0 Å². The first-order valence-electron chi connectivity index (χ1n) is 2.05. The van der Waals surface area contributed by atoms with E-state index in [2.05, 4.69) is 16.2 Å². The maximum atomic E-state index is 9.45. The Bertz CT molecular complexity index is 90.0. The Morgan fingerprint density at radius 1 is 1.11 bits per heavy atom. The molecule has 5 heteroatoms. The molecule has 0 rings (SSSR count). The molecule has 0 bridgehead atoms. The van der Waals surface area contributed by atoms with Crippen LogP contribution in [-0.2, 0) is 14.3 Å². The highest BCUT2D eigenvalue weighted by Crippen LogP contribution is 1.44. The van der Waals surface area contributed by atoms with Gasteiger partial charge in [0.15, 0.2) is 0 Å². The van der Waals surface area contributed by atoms with Crippen LogP contribution in [0.25, 0.3) is 0 Å². The van der Waals surface area contributed by atoms with Crippen molar-refractivity contribution in [2.45, 2.75) is 0 Å². The summed E-state index contributed by atoms with van der Waals surface area (Å²) in [5, 5.41) is 0. The van der Waals surface area contributed by atoms with Crippen LogP contribution in [0.15, 0.2) is 0 Å². The van der Waals surface area contributed by atoms with Crippen LogP contribution < -0.4 is 11.5 Å². The van der Waals surface area contributed by atoms with Gasteiger partial charge in [0.05, 0.1) is 0 Å².